The SMILES string of the molecule is CC(=O)OC[C@H](C)[C@H]1CC[C@@H](C)C=C[C@H]1O. The highest BCUT2D eigenvalue weighted by Crippen LogP contribution is 2.28. The molecule has 0 spiro atoms. The molecule has 0 fully saturated rings. The molecule has 0 aromatic carbocycles. The lowest BCUT2D eigenvalue weighted by molar-refractivity contribution is -0.143. The largest absolute Gasteiger partial charge is 0.466 e. The van der Waals surface area contributed by atoms with Crippen LogP contribution in [0.15, 0.2) is 12.2 Å². The van der Waals surface area contributed by atoms with Crippen molar-refractivity contribution in [1.82, 2.24) is 0 Å². The first kappa shape index (κ1) is 13.2. The van der Waals surface area contributed by atoms with Crippen LogP contribution in [0.1, 0.15) is 33.6 Å². The minimum Gasteiger partial charge on any atom is -0.466 e. The zero-order valence-corrected chi connectivity index (χ0v) is 10.3. The number of esters is 1. The monoisotopic (exact) mass is 226 g/mol. The Kier molecular flexibility index (Phi) is 5.00. The smallest absolute Gasteiger partial charge is 0.302 e. The van der Waals surface area contributed by atoms with Gasteiger partial charge in [-0.3, -0.25) is 4.79 Å². The third kappa shape index (κ3) is 3.97. The molecule has 92 valence electrons. The Morgan fingerprint density at radius 1 is 1.50 bits per heavy atom. The van der Waals surface area contributed by atoms with Crippen LogP contribution in [0.4, 0.5) is 0 Å². The molecule has 0 saturated carbocycles. The third-order valence-electron chi connectivity index (χ3n) is 3.31. The normalized spacial score (nSPS) is 31.9. The number of aliphatic hydroxyl groups is 1. The first-order chi connectivity index (χ1) is 7.50. The third-order valence-corrected chi connectivity index (χ3v) is 3.31. The van der Waals surface area contributed by atoms with Gasteiger partial charge in [-0.15, -0.1) is 0 Å². The molecule has 0 aliphatic heterocycles. The number of rotatable bonds is 3. The summed E-state index contributed by atoms with van der Waals surface area (Å²) in [4.78, 5) is 10.7. The molecule has 3 nitrogen and oxygen atoms in total. The van der Waals surface area contributed by atoms with Crippen LogP contribution in [0.25, 0.3) is 0 Å². The van der Waals surface area contributed by atoms with E-state index >= 15 is 0 Å². The van der Waals surface area contributed by atoms with E-state index in [2.05, 4.69) is 13.0 Å². The number of hydrogen-bond acceptors (Lipinski definition) is 3. The molecule has 0 unspecified atom stereocenters. The molecular weight excluding hydrogens is 204 g/mol. The second-order valence-electron chi connectivity index (χ2n) is 4.87. The maximum Gasteiger partial charge on any atom is 0.302 e. The van der Waals surface area contributed by atoms with E-state index in [9.17, 15) is 9.90 Å². The molecule has 0 amide bonds. The first-order valence-electron chi connectivity index (χ1n) is 6.00. The predicted octanol–water partition coefficient (Wildman–Crippen LogP) is 2.15. The summed E-state index contributed by atoms with van der Waals surface area (Å²) in [5.41, 5.74) is 0. The van der Waals surface area contributed by atoms with Crippen molar-refractivity contribution in [2.45, 2.75) is 39.7 Å². The number of allylic oxidation sites excluding steroid dienone is 1. The van der Waals surface area contributed by atoms with Crippen molar-refractivity contribution in [3.63, 3.8) is 0 Å². The fourth-order valence-corrected chi connectivity index (χ4v) is 2.16. The number of aliphatic hydroxyl groups excluding tert-OH is 1. The Labute approximate surface area is 97.5 Å². The lowest BCUT2D eigenvalue weighted by Gasteiger charge is -2.25. The van der Waals surface area contributed by atoms with Gasteiger partial charge in [-0.1, -0.05) is 26.0 Å². The van der Waals surface area contributed by atoms with E-state index in [-0.39, 0.29) is 17.8 Å². The van der Waals surface area contributed by atoms with Gasteiger partial charge in [-0.25, -0.2) is 0 Å². The summed E-state index contributed by atoms with van der Waals surface area (Å²) >= 11 is 0. The molecule has 4 atom stereocenters. The maximum atomic E-state index is 10.7. The molecule has 16 heavy (non-hydrogen) atoms. The molecular formula is C13H22O3. The average Bonchev–Trinajstić information content (AvgIpc) is 2.38. The summed E-state index contributed by atoms with van der Waals surface area (Å²) in [6, 6.07) is 0. The molecule has 1 aliphatic carbocycles. The van der Waals surface area contributed by atoms with Gasteiger partial charge in [0.1, 0.15) is 0 Å². The number of carbonyl (C=O) groups is 1. The van der Waals surface area contributed by atoms with Crippen molar-refractivity contribution in [3.8, 4) is 0 Å². The van der Waals surface area contributed by atoms with Gasteiger partial charge in [-0.05, 0) is 30.6 Å². The van der Waals surface area contributed by atoms with Gasteiger partial charge in [0, 0.05) is 6.92 Å². The van der Waals surface area contributed by atoms with E-state index in [1.165, 1.54) is 6.92 Å². The number of ether oxygens (including phenoxy) is 1. The van der Waals surface area contributed by atoms with Gasteiger partial charge in [0.2, 0.25) is 0 Å². The molecule has 0 aromatic rings. The summed E-state index contributed by atoms with van der Waals surface area (Å²) in [6.07, 6.45) is 5.62. The zero-order chi connectivity index (χ0) is 12.1. The van der Waals surface area contributed by atoms with Crippen molar-refractivity contribution < 1.29 is 14.6 Å². The number of carbonyl (C=O) groups excluding carboxylic acids is 1. The van der Waals surface area contributed by atoms with Crippen LogP contribution in [0.3, 0.4) is 0 Å². The number of hydrogen-bond donors (Lipinski definition) is 1. The maximum absolute atomic E-state index is 10.7. The van der Waals surface area contributed by atoms with E-state index in [0.29, 0.717) is 12.5 Å². The Morgan fingerprint density at radius 2 is 2.19 bits per heavy atom. The van der Waals surface area contributed by atoms with Crippen LogP contribution in [0.2, 0.25) is 0 Å². The summed E-state index contributed by atoms with van der Waals surface area (Å²) in [7, 11) is 0. The lowest BCUT2D eigenvalue weighted by atomic mass is 9.86. The van der Waals surface area contributed by atoms with Crippen molar-refractivity contribution in [1.29, 1.82) is 0 Å². The van der Waals surface area contributed by atoms with Gasteiger partial charge in [-0.2, -0.15) is 0 Å². The van der Waals surface area contributed by atoms with E-state index in [1.807, 2.05) is 13.0 Å². The molecule has 1 N–H and O–H groups in total. The quantitative estimate of drug-likeness (QED) is 0.592. The second-order valence-corrected chi connectivity index (χ2v) is 4.87. The van der Waals surface area contributed by atoms with Crippen molar-refractivity contribution in [3.05, 3.63) is 12.2 Å². The summed E-state index contributed by atoms with van der Waals surface area (Å²) < 4.78 is 5.00. The van der Waals surface area contributed by atoms with Gasteiger partial charge < -0.3 is 9.84 Å². The van der Waals surface area contributed by atoms with Crippen LogP contribution in [0, 0.1) is 17.8 Å². The Balaban J connectivity index is 2.50. The summed E-state index contributed by atoms with van der Waals surface area (Å²) in [5, 5.41) is 9.98. The summed E-state index contributed by atoms with van der Waals surface area (Å²) in [6.45, 7) is 6.00. The first-order valence-corrected chi connectivity index (χ1v) is 6.00. The minimum absolute atomic E-state index is 0.195. The van der Waals surface area contributed by atoms with Crippen molar-refractivity contribution in [2.75, 3.05) is 6.61 Å². The molecule has 0 saturated heterocycles. The van der Waals surface area contributed by atoms with Gasteiger partial charge >= 0.3 is 5.97 Å². The van der Waals surface area contributed by atoms with Crippen LogP contribution in [-0.2, 0) is 9.53 Å². The molecule has 1 rings (SSSR count). The van der Waals surface area contributed by atoms with Crippen LogP contribution in [0.5, 0.6) is 0 Å². The molecule has 3 heteroatoms. The van der Waals surface area contributed by atoms with E-state index in [0.717, 1.165) is 12.8 Å². The zero-order valence-electron chi connectivity index (χ0n) is 10.3. The highest BCUT2D eigenvalue weighted by Gasteiger charge is 2.26. The van der Waals surface area contributed by atoms with Gasteiger partial charge in [0.05, 0.1) is 12.7 Å². The lowest BCUT2D eigenvalue weighted by Crippen LogP contribution is -2.27. The Morgan fingerprint density at radius 3 is 2.81 bits per heavy atom. The van der Waals surface area contributed by atoms with Crippen molar-refractivity contribution in [2.24, 2.45) is 17.8 Å². The predicted molar refractivity (Wildman–Crippen MR) is 62.8 cm³/mol. The standard InChI is InChI=1S/C13H22O3/c1-9-4-6-12(13(15)7-5-9)10(2)8-16-11(3)14/h5,7,9-10,12-13,15H,4,6,8H2,1-3H3/t9-,10+,12-,13-/m1/s1. The van der Waals surface area contributed by atoms with E-state index in [4.69, 9.17) is 4.74 Å². The minimum atomic E-state index is -0.407. The van der Waals surface area contributed by atoms with Crippen LogP contribution in [-0.4, -0.2) is 23.8 Å². The van der Waals surface area contributed by atoms with Gasteiger partial charge in [0.15, 0.2) is 0 Å². The fraction of sp³-hybridized carbons (Fsp3) is 0.769. The van der Waals surface area contributed by atoms with Crippen molar-refractivity contribution >= 4 is 5.97 Å². The van der Waals surface area contributed by atoms with Crippen LogP contribution < -0.4 is 0 Å². The van der Waals surface area contributed by atoms with E-state index < -0.39 is 6.10 Å². The Bertz CT molecular complexity index is 260. The van der Waals surface area contributed by atoms with E-state index in [1.54, 1.807) is 0 Å². The van der Waals surface area contributed by atoms with Crippen LogP contribution >= 0.6 is 0 Å². The second kappa shape index (κ2) is 6.04. The molecule has 0 radical (unpaired) electrons. The highest BCUT2D eigenvalue weighted by atomic mass is 16.5. The highest BCUT2D eigenvalue weighted by molar-refractivity contribution is 5.65. The molecule has 1 aliphatic rings. The Hall–Kier alpha value is -0.830. The average molecular weight is 226 g/mol. The molecule has 0 aromatic heterocycles. The topological polar surface area (TPSA) is 46.5 Å². The molecule has 0 heterocycles. The van der Waals surface area contributed by atoms with Gasteiger partial charge in [0.25, 0.3) is 0 Å². The fourth-order valence-electron chi connectivity index (χ4n) is 2.16. The molecule has 0 bridgehead atoms. The summed E-state index contributed by atoms with van der Waals surface area (Å²) in [5.74, 6) is 0.675.